The molecular weight excluding hydrogens is 264 g/mol. The van der Waals surface area contributed by atoms with Crippen LogP contribution in [0.3, 0.4) is 0 Å². The first-order valence-corrected chi connectivity index (χ1v) is 7.25. The molecule has 3 heteroatoms. The van der Waals surface area contributed by atoms with Gasteiger partial charge in [-0.3, -0.25) is 0 Å². The molecule has 2 atom stereocenters. The molecule has 2 bridgehead atoms. The number of ether oxygens (including phenoxy) is 3. The van der Waals surface area contributed by atoms with E-state index in [0.29, 0.717) is 13.2 Å². The standard InChI is InChI=1S/C18H14O3/c1-3-11-7-8-12-4-2-6-14-16(12)15(11)13(5-1)17-19-9-10-20-18(14)21-17/h1-8,17-18H,9-10H2. The van der Waals surface area contributed by atoms with Crippen LogP contribution in [0.1, 0.15) is 23.7 Å². The third-order valence-electron chi connectivity index (χ3n) is 4.33. The fourth-order valence-corrected chi connectivity index (χ4v) is 3.43. The molecule has 2 aliphatic rings. The Bertz CT molecular complexity index is 785. The van der Waals surface area contributed by atoms with Crippen molar-refractivity contribution in [3.8, 4) is 0 Å². The van der Waals surface area contributed by atoms with Gasteiger partial charge in [-0.05, 0) is 21.5 Å². The van der Waals surface area contributed by atoms with Crippen LogP contribution in [0.25, 0.3) is 21.5 Å². The minimum absolute atomic E-state index is 0.362. The molecule has 0 amide bonds. The Morgan fingerprint density at radius 3 is 1.71 bits per heavy atom. The van der Waals surface area contributed by atoms with Gasteiger partial charge in [0.1, 0.15) is 0 Å². The zero-order valence-corrected chi connectivity index (χ0v) is 11.4. The summed E-state index contributed by atoms with van der Waals surface area (Å²) in [5.74, 6) is 0. The van der Waals surface area contributed by atoms with Gasteiger partial charge in [0.15, 0.2) is 12.6 Å². The molecule has 0 aromatic heterocycles. The summed E-state index contributed by atoms with van der Waals surface area (Å²) in [5.41, 5.74) is 2.19. The molecule has 0 aliphatic carbocycles. The van der Waals surface area contributed by atoms with E-state index in [-0.39, 0.29) is 12.6 Å². The van der Waals surface area contributed by atoms with Gasteiger partial charge < -0.3 is 14.2 Å². The Hall–Kier alpha value is -1.94. The number of fused-ring (bicyclic) bond motifs is 4. The first-order chi connectivity index (χ1) is 10.4. The zero-order chi connectivity index (χ0) is 13.8. The van der Waals surface area contributed by atoms with Gasteiger partial charge in [0.05, 0.1) is 13.2 Å². The van der Waals surface area contributed by atoms with Crippen molar-refractivity contribution in [2.24, 2.45) is 0 Å². The van der Waals surface area contributed by atoms with E-state index in [1.165, 1.54) is 21.5 Å². The highest BCUT2D eigenvalue weighted by atomic mass is 16.8. The highest BCUT2D eigenvalue weighted by Crippen LogP contribution is 2.43. The number of benzene rings is 3. The molecule has 3 nitrogen and oxygen atoms in total. The molecule has 1 fully saturated rings. The predicted octanol–water partition coefficient (Wildman–Crippen LogP) is 4.07. The van der Waals surface area contributed by atoms with Gasteiger partial charge in [0, 0.05) is 11.1 Å². The number of rotatable bonds is 0. The maximum absolute atomic E-state index is 6.09. The summed E-state index contributed by atoms with van der Waals surface area (Å²) in [6.45, 7) is 1.10. The Labute approximate surface area is 122 Å². The van der Waals surface area contributed by atoms with Gasteiger partial charge in [-0.15, -0.1) is 0 Å². The van der Waals surface area contributed by atoms with E-state index in [9.17, 15) is 0 Å². The van der Waals surface area contributed by atoms with Crippen molar-refractivity contribution in [2.75, 3.05) is 13.2 Å². The SMILES string of the molecule is c1cc2c3c(c1)ccc1cccc(c13)C1OCCOC2O1. The quantitative estimate of drug-likeness (QED) is 0.580. The molecule has 21 heavy (non-hydrogen) atoms. The first kappa shape index (κ1) is 11.7. The maximum Gasteiger partial charge on any atom is 0.187 e. The van der Waals surface area contributed by atoms with Gasteiger partial charge in [-0.25, -0.2) is 0 Å². The number of hydrogen-bond donors (Lipinski definition) is 0. The highest BCUT2D eigenvalue weighted by molar-refractivity contribution is 6.11. The predicted molar refractivity (Wildman–Crippen MR) is 79.9 cm³/mol. The summed E-state index contributed by atoms with van der Waals surface area (Å²) in [6.07, 6.45) is -0.724. The van der Waals surface area contributed by atoms with Crippen LogP contribution in [-0.2, 0) is 14.2 Å². The maximum atomic E-state index is 6.09. The molecule has 0 spiro atoms. The summed E-state index contributed by atoms with van der Waals surface area (Å²) >= 11 is 0. The van der Waals surface area contributed by atoms with Crippen LogP contribution in [0, 0.1) is 0 Å². The van der Waals surface area contributed by atoms with Crippen LogP contribution < -0.4 is 0 Å². The second kappa shape index (κ2) is 4.28. The highest BCUT2D eigenvalue weighted by Gasteiger charge is 2.31. The molecule has 2 unspecified atom stereocenters. The Morgan fingerprint density at radius 1 is 0.667 bits per heavy atom. The Balaban J connectivity index is 2.01. The first-order valence-electron chi connectivity index (χ1n) is 7.25. The molecule has 1 saturated heterocycles. The van der Waals surface area contributed by atoms with Gasteiger partial charge >= 0.3 is 0 Å². The van der Waals surface area contributed by atoms with Crippen molar-refractivity contribution in [3.05, 3.63) is 59.7 Å². The topological polar surface area (TPSA) is 27.7 Å². The summed E-state index contributed by atoms with van der Waals surface area (Å²) in [5, 5.41) is 4.88. The fraction of sp³-hybridized carbons (Fsp3) is 0.222. The van der Waals surface area contributed by atoms with Crippen molar-refractivity contribution < 1.29 is 14.2 Å². The van der Waals surface area contributed by atoms with Gasteiger partial charge in [-0.2, -0.15) is 0 Å². The molecule has 2 heterocycles. The van der Waals surface area contributed by atoms with E-state index in [4.69, 9.17) is 14.2 Å². The molecule has 104 valence electrons. The normalized spacial score (nSPS) is 24.2. The summed E-state index contributed by atoms with van der Waals surface area (Å²) in [6, 6.07) is 16.9. The minimum atomic E-state index is -0.362. The fourth-order valence-electron chi connectivity index (χ4n) is 3.43. The monoisotopic (exact) mass is 278 g/mol. The van der Waals surface area contributed by atoms with Crippen LogP contribution in [0.2, 0.25) is 0 Å². The summed E-state index contributed by atoms with van der Waals surface area (Å²) in [7, 11) is 0. The van der Waals surface area contributed by atoms with Crippen LogP contribution in [0.15, 0.2) is 48.5 Å². The largest absolute Gasteiger partial charge is 0.346 e. The summed E-state index contributed by atoms with van der Waals surface area (Å²) in [4.78, 5) is 0. The van der Waals surface area contributed by atoms with Crippen molar-refractivity contribution >= 4 is 21.5 Å². The third-order valence-corrected chi connectivity index (χ3v) is 4.33. The Morgan fingerprint density at radius 2 is 1.19 bits per heavy atom. The molecule has 3 aromatic rings. The van der Waals surface area contributed by atoms with Crippen LogP contribution in [0.5, 0.6) is 0 Å². The average Bonchev–Trinajstić information content (AvgIpc) is 2.85. The lowest BCUT2D eigenvalue weighted by Gasteiger charge is -2.18. The van der Waals surface area contributed by atoms with Crippen LogP contribution in [-0.4, -0.2) is 13.2 Å². The second-order valence-electron chi connectivity index (χ2n) is 5.50. The van der Waals surface area contributed by atoms with Gasteiger partial charge in [0.2, 0.25) is 0 Å². The van der Waals surface area contributed by atoms with E-state index in [1.807, 2.05) is 0 Å². The lowest BCUT2D eigenvalue weighted by Crippen LogP contribution is -2.09. The van der Waals surface area contributed by atoms with Gasteiger partial charge in [0.25, 0.3) is 0 Å². The van der Waals surface area contributed by atoms with E-state index in [2.05, 4.69) is 48.5 Å². The molecule has 2 aliphatic heterocycles. The second-order valence-corrected chi connectivity index (χ2v) is 5.50. The van der Waals surface area contributed by atoms with Crippen LogP contribution >= 0.6 is 0 Å². The smallest absolute Gasteiger partial charge is 0.187 e. The Kier molecular flexibility index (Phi) is 2.38. The number of hydrogen-bond acceptors (Lipinski definition) is 3. The molecule has 0 N–H and O–H groups in total. The lowest BCUT2D eigenvalue weighted by molar-refractivity contribution is -0.211. The molecule has 0 radical (unpaired) electrons. The van der Waals surface area contributed by atoms with E-state index in [0.717, 1.165) is 11.1 Å². The van der Waals surface area contributed by atoms with Crippen molar-refractivity contribution in [3.63, 3.8) is 0 Å². The van der Waals surface area contributed by atoms with Gasteiger partial charge in [-0.1, -0.05) is 48.5 Å². The molecular formula is C18H14O3. The average molecular weight is 278 g/mol. The van der Waals surface area contributed by atoms with Crippen molar-refractivity contribution in [2.45, 2.75) is 12.6 Å². The summed E-state index contributed by atoms with van der Waals surface area (Å²) < 4.78 is 17.8. The third kappa shape index (κ3) is 1.59. The van der Waals surface area contributed by atoms with Crippen LogP contribution in [0.4, 0.5) is 0 Å². The molecule has 5 rings (SSSR count). The lowest BCUT2D eigenvalue weighted by atomic mass is 9.94. The van der Waals surface area contributed by atoms with Crippen molar-refractivity contribution in [1.29, 1.82) is 0 Å². The zero-order valence-electron chi connectivity index (χ0n) is 11.4. The molecule has 0 saturated carbocycles. The van der Waals surface area contributed by atoms with E-state index < -0.39 is 0 Å². The van der Waals surface area contributed by atoms with E-state index >= 15 is 0 Å². The van der Waals surface area contributed by atoms with E-state index in [1.54, 1.807) is 0 Å². The van der Waals surface area contributed by atoms with Crippen molar-refractivity contribution in [1.82, 2.24) is 0 Å². The minimum Gasteiger partial charge on any atom is -0.346 e. The molecule has 3 aromatic carbocycles.